The van der Waals surface area contributed by atoms with Crippen molar-refractivity contribution >= 4 is 22.6 Å². The third-order valence-corrected chi connectivity index (χ3v) is 7.19. The number of aliphatic imine (C=N–C) groups is 1. The van der Waals surface area contributed by atoms with Crippen molar-refractivity contribution in [3.8, 4) is 0 Å². The zero-order chi connectivity index (χ0) is 26.6. The topological polar surface area (TPSA) is 109 Å². The van der Waals surface area contributed by atoms with Crippen LogP contribution in [0, 0.1) is 5.92 Å². The molecule has 4 rings (SSSR count). The summed E-state index contributed by atoms with van der Waals surface area (Å²) in [7, 11) is 0. The molecule has 1 amide bonds. The second-order valence-corrected chi connectivity index (χ2v) is 10.3. The van der Waals surface area contributed by atoms with Crippen molar-refractivity contribution in [3.05, 3.63) is 83.9 Å². The zero-order valence-corrected chi connectivity index (χ0v) is 22.3. The van der Waals surface area contributed by atoms with Crippen LogP contribution in [0.4, 0.5) is 0 Å². The summed E-state index contributed by atoms with van der Waals surface area (Å²) in [4.78, 5) is 20.1. The Hall–Kier alpha value is -3.42. The molecule has 1 aliphatic rings. The standard InChI is InChI=1S/C31H42N6O/c32-16-6-7-17-34-30(38)29(20-24-9-2-1-3-10-24)36-31(33)35-21-26-11-8-18-37(23-26)22-25-14-15-27-12-4-5-13-28(27)19-25/h1-5,9-10,12-15,19,26,29H,6-8,11,16-18,20-23,32H2,(H,34,38)(H3,33,35,36). The van der Waals surface area contributed by atoms with E-state index in [0.29, 0.717) is 37.9 Å². The van der Waals surface area contributed by atoms with Gasteiger partial charge < -0.3 is 22.1 Å². The quantitative estimate of drug-likeness (QED) is 0.168. The molecule has 7 nitrogen and oxygen atoms in total. The van der Waals surface area contributed by atoms with E-state index in [9.17, 15) is 4.79 Å². The number of hydrogen-bond acceptors (Lipinski definition) is 4. The first kappa shape index (κ1) is 27.6. The van der Waals surface area contributed by atoms with Crippen molar-refractivity contribution < 1.29 is 4.79 Å². The minimum Gasteiger partial charge on any atom is -0.370 e. The van der Waals surface area contributed by atoms with Crippen LogP contribution in [0.25, 0.3) is 10.8 Å². The van der Waals surface area contributed by atoms with Crippen LogP contribution in [-0.4, -0.2) is 55.5 Å². The Labute approximate surface area is 226 Å². The average molecular weight is 515 g/mol. The third kappa shape index (κ3) is 8.57. The minimum absolute atomic E-state index is 0.0664. The van der Waals surface area contributed by atoms with Gasteiger partial charge in [-0.2, -0.15) is 0 Å². The van der Waals surface area contributed by atoms with Gasteiger partial charge in [0.15, 0.2) is 5.96 Å². The maximum Gasteiger partial charge on any atom is 0.242 e. The summed E-state index contributed by atoms with van der Waals surface area (Å²) >= 11 is 0. The molecule has 0 bridgehead atoms. The predicted octanol–water partition coefficient (Wildman–Crippen LogP) is 3.42. The fourth-order valence-corrected chi connectivity index (χ4v) is 5.15. The predicted molar refractivity (Wildman–Crippen MR) is 157 cm³/mol. The number of piperidine rings is 1. The zero-order valence-electron chi connectivity index (χ0n) is 22.3. The molecule has 1 heterocycles. The van der Waals surface area contributed by atoms with Crippen molar-refractivity contribution in [3.63, 3.8) is 0 Å². The number of carbonyl (C=O) groups is 1. The van der Waals surface area contributed by atoms with Crippen LogP contribution in [0.5, 0.6) is 0 Å². The molecule has 7 heteroatoms. The lowest BCUT2D eigenvalue weighted by Crippen LogP contribution is -2.50. The van der Waals surface area contributed by atoms with E-state index >= 15 is 0 Å². The number of nitrogens with one attached hydrogen (secondary N) is 2. The lowest BCUT2D eigenvalue weighted by atomic mass is 9.97. The number of benzene rings is 3. The van der Waals surface area contributed by atoms with E-state index in [2.05, 4.69) is 63.0 Å². The number of amides is 1. The van der Waals surface area contributed by atoms with E-state index in [1.165, 1.54) is 16.3 Å². The van der Waals surface area contributed by atoms with Crippen LogP contribution < -0.4 is 22.1 Å². The second-order valence-electron chi connectivity index (χ2n) is 10.3. The van der Waals surface area contributed by atoms with Crippen molar-refractivity contribution in [2.75, 3.05) is 32.7 Å². The monoisotopic (exact) mass is 514 g/mol. The molecule has 0 saturated carbocycles. The highest BCUT2D eigenvalue weighted by atomic mass is 16.2. The molecule has 202 valence electrons. The number of rotatable bonds is 12. The summed E-state index contributed by atoms with van der Waals surface area (Å²) in [6.07, 6.45) is 4.59. The molecule has 6 N–H and O–H groups in total. The van der Waals surface area contributed by atoms with Crippen LogP contribution in [-0.2, 0) is 17.8 Å². The first-order valence-electron chi connectivity index (χ1n) is 13.9. The number of hydrogen-bond donors (Lipinski definition) is 4. The van der Waals surface area contributed by atoms with E-state index in [0.717, 1.165) is 50.9 Å². The first-order valence-corrected chi connectivity index (χ1v) is 13.9. The van der Waals surface area contributed by atoms with Crippen molar-refractivity contribution in [2.24, 2.45) is 22.4 Å². The van der Waals surface area contributed by atoms with Gasteiger partial charge in [-0.25, -0.2) is 0 Å². The largest absolute Gasteiger partial charge is 0.370 e. The molecule has 0 aliphatic carbocycles. The number of likely N-dealkylation sites (tertiary alicyclic amines) is 1. The lowest BCUT2D eigenvalue weighted by Gasteiger charge is -2.32. The molecule has 3 aromatic carbocycles. The van der Waals surface area contributed by atoms with E-state index in [1.54, 1.807) is 0 Å². The fourth-order valence-electron chi connectivity index (χ4n) is 5.15. The molecule has 1 saturated heterocycles. The van der Waals surface area contributed by atoms with Gasteiger partial charge in [0.25, 0.3) is 0 Å². The van der Waals surface area contributed by atoms with Crippen molar-refractivity contribution in [2.45, 2.75) is 44.7 Å². The van der Waals surface area contributed by atoms with E-state index in [-0.39, 0.29) is 5.91 Å². The van der Waals surface area contributed by atoms with Gasteiger partial charge in [0.1, 0.15) is 6.04 Å². The van der Waals surface area contributed by atoms with E-state index in [1.807, 2.05) is 30.3 Å². The lowest BCUT2D eigenvalue weighted by molar-refractivity contribution is -0.122. The molecule has 2 unspecified atom stereocenters. The molecule has 0 radical (unpaired) electrons. The number of carbonyl (C=O) groups excluding carboxylic acids is 1. The van der Waals surface area contributed by atoms with Crippen molar-refractivity contribution in [1.82, 2.24) is 15.5 Å². The average Bonchev–Trinajstić information content (AvgIpc) is 2.94. The molecule has 3 aromatic rings. The van der Waals surface area contributed by atoms with E-state index < -0.39 is 6.04 Å². The van der Waals surface area contributed by atoms with Gasteiger partial charge in [-0.05, 0) is 72.7 Å². The smallest absolute Gasteiger partial charge is 0.242 e. The Bertz CT molecular complexity index is 1180. The maximum absolute atomic E-state index is 12.9. The summed E-state index contributed by atoms with van der Waals surface area (Å²) in [6.45, 7) is 4.94. The molecule has 0 spiro atoms. The Kier molecular flexibility index (Phi) is 10.5. The van der Waals surface area contributed by atoms with Crippen LogP contribution in [0.2, 0.25) is 0 Å². The number of unbranched alkanes of at least 4 members (excludes halogenated alkanes) is 1. The van der Waals surface area contributed by atoms with Crippen LogP contribution in [0.15, 0.2) is 77.8 Å². The van der Waals surface area contributed by atoms with Gasteiger partial charge >= 0.3 is 0 Å². The van der Waals surface area contributed by atoms with Crippen LogP contribution in [0.1, 0.15) is 36.8 Å². The summed E-state index contributed by atoms with van der Waals surface area (Å²) < 4.78 is 0. The summed E-state index contributed by atoms with van der Waals surface area (Å²) in [5.74, 6) is 0.708. The highest BCUT2D eigenvalue weighted by molar-refractivity contribution is 5.88. The minimum atomic E-state index is -0.477. The Balaban J connectivity index is 1.31. The van der Waals surface area contributed by atoms with Gasteiger partial charge in [-0.3, -0.25) is 14.7 Å². The third-order valence-electron chi connectivity index (χ3n) is 7.19. The molecular weight excluding hydrogens is 472 g/mol. The number of fused-ring (bicyclic) bond motifs is 1. The molecule has 38 heavy (non-hydrogen) atoms. The fraction of sp³-hybridized carbons (Fsp3) is 0.419. The highest BCUT2D eigenvalue weighted by Gasteiger charge is 2.22. The molecule has 2 atom stereocenters. The highest BCUT2D eigenvalue weighted by Crippen LogP contribution is 2.21. The summed E-state index contributed by atoms with van der Waals surface area (Å²) in [6, 6.07) is 24.8. The van der Waals surface area contributed by atoms with Crippen LogP contribution in [0.3, 0.4) is 0 Å². The Morgan fingerprint density at radius 3 is 2.61 bits per heavy atom. The maximum atomic E-state index is 12.9. The van der Waals surface area contributed by atoms with Gasteiger partial charge in [0.05, 0.1) is 0 Å². The number of nitrogens with zero attached hydrogens (tertiary/aromatic N) is 2. The van der Waals surface area contributed by atoms with Gasteiger partial charge in [0, 0.05) is 32.6 Å². The molecular formula is C31H42N6O. The SMILES string of the molecule is NCCCCNC(=O)C(Cc1ccccc1)NC(N)=NCC1CCCN(Cc2ccc3ccccc3c2)C1. The van der Waals surface area contributed by atoms with Gasteiger partial charge in [-0.15, -0.1) is 0 Å². The van der Waals surface area contributed by atoms with Crippen LogP contribution >= 0.6 is 0 Å². The molecule has 1 aliphatic heterocycles. The second kappa shape index (κ2) is 14.5. The van der Waals surface area contributed by atoms with Gasteiger partial charge in [-0.1, -0.05) is 66.7 Å². The van der Waals surface area contributed by atoms with Crippen molar-refractivity contribution in [1.29, 1.82) is 0 Å². The number of nitrogens with two attached hydrogens (primary N) is 2. The molecule has 1 fully saturated rings. The normalized spacial score (nSPS) is 17.3. The summed E-state index contributed by atoms with van der Waals surface area (Å²) in [5, 5.41) is 8.77. The molecule has 0 aromatic heterocycles. The number of guanidine groups is 1. The summed E-state index contributed by atoms with van der Waals surface area (Å²) in [5.41, 5.74) is 14.3. The Morgan fingerprint density at radius 2 is 1.79 bits per heavy atom. The first-order chi connectivity index (χ1) is 18.6. The Morgan fingerprint density at radius 1 is 1.00 bits per heavy atom. The van der Waals surface area contributed by atoms with E-state index in [4.69, 9.17) is 11.5 Å². The van der Waals surface area contributed by atoms with Gasteiger partial charge in [0.2, 0.25) is 5.91 Å².